The highest BCUT2D eigenvalue weighted by atomic mass is 35.5. The molecule has 1 fully saturated rings. The van der Waals surface area contributed by atoms with E-state index in [0.29, 0.717) is 29.2 Å². The second-order valence-corrected chi connectivity index (χ2v) is 8.32. The molecule has 0 radical (unpaired) electrons. The van der Waals surface area contributed by atoms with Crippen LogP contribution in [0.25, 0.3) is 0 Å². The SMILES string of the molecule is O=S(=O)(c1ccc(F)c(F)c1)N1CCN(c2ccc(Cl)c(Cl)c2)CC1. The predicted octanol–water partition coefficient (Wildman–Crippen LogP) is 3.78. The fourth-order valence-corrected chi connectivity index (χ4v) is 4.38. The molecular formula is C16H14Cl2F2N2O2S. The monoisotopic (exact) mass is 406 g/mol. The predicted molar refractivity (Wildman–Crippen MR) is 93.8 cm³/mol. The van der Waals surface area contributed by atoms with E-state index >= 15 is 0 Å². The van der Waals surface area contributed by atoms with E-state index in [1.54, 1.807) is 12.1 Å². The molecule has 2 aromatic carbocycles. The molecule has 0 N–H and O–H groups in total. The van der Waals surface area contributed by atoms with E-state index in [4.69, 9.17) is 23.2 Å². The van der Waals surface area contributed by atoms with Gasteiger partial charge in [-0.1, -0.05) is 23.2 Å². The lowest BCUT2D eigenvalue weighted by atomic mass is 10.2. The molecule has 4 nitrogen and oxygen atoms in total. The van der Waals surface area contributed by atoms with E-state index < -0.39 is 21.7 Å². The Hall–Kier alpha value is -1.41. The summed E-state index contributed by atoms with van der Waals surface area (Å²) in [6.45, 7) is 1.34. The third kappa shape index (κ3) is 3.74. The zero-order chi connectivity index (χ0) is 18.2. The van der Waals surface area contributed by atoms with E-state index in [1.807, 2.05) is 11.0 Å². The van der Waals surface area contributed by atoms with Gasteiger partial charge in [0.1, 0.15) is 0 Å². The number of halogens is 4. The van der Waals surface area contributed by atoms with Crippen molar-refractivity contribution in [3.05, 3.63) is 58.1 Å². The van der Waals surface area contributed by atoms with Crippen LogP contribution in [-0.2, 0) is 10.0 Å². The zero-order valence-corrected chi connectivity index (χ0v) is 15.3. The van der Waals surface area contributed by atoms with Crippen LogP contribution >= 0.6 is 23.2 Å². The van der Waals surface area contributed by atoms with Crippen molar-refractivity contribution in [3.63, 3.8) is 0 Å². The van der Waals surface area contributed by atoms with Crippen LogP contribution in [0.3, 0.4) is 0 Å². The van der Waals surface area contributed by atoms with Gasteiger partial charge >= 0.3 is 0 Å². The number of anilines is 1. The average molecular weight is 407 g/mol. The molecule has 0 bridgehead atoms. The lowest BCUT2D eigenvalue weighted by Crippen LogP contribution is -2.48. The van der Waals surface area contributed by atoms with Gasteiger partial charge in [0.05, 0.1) is 14.9 Å². The molecule has 0 atom stereocenters. The smallest absolute Gasteiger partial charge is 0.243 e. The Morgan fingerprint density at radius 3 is 2.12 bits per heavy atom. The molecule has 0 spiro atoms. The van der Waals surface area contributed by atoms with Crippen LogP contribution in [0.2, 0.25) is 10.0 Å². The molecule has 134 valence electrons. The summed E-state index contributed by atoms with van der Waals surface area (Å²) in [5.41, 5.74) is 0.847. The molecule has 0 aromatic heterocycles. The van der Waals surface area contributed by atoms with Crippen molar-refractivity contribution >= 4 is 38.9 Å². The molecular weight excluding hydrogens is 393 g/mol. The molecule has 1 aliphatic rings. The minimum Gasteiger partial charge on any atom is -0.369 e. The van der Waals surface area contributed by atoms with E-state index in [9.17, 15) is 17.2 Å². The number of benzene rings is 2. The Morgan fingerprint density at radius 2 is 1.52 bits per heavy atom. The van der Waals surface area contributed by atoms with Gasteiger partial charge in [0.15, 0.2) is 11.6 Å². The van der Waals surface area contributed by atoms with Crippen molar-refractivity contribution in [3.8, 4) is 0 Å². The van der Waals surface area contributed by atoms with Crippen LogP contribution in [0, 0.1) is 11.6 Å². The Bertz CT molecular complexity index is 901. The third-order valence-electron chi connectivity index (χ3n) is 4.04. The molecule has 1 aliphatic heterocycles. The van der Waals surface area contributed by atoms with Crippen LogP contribution in [0.1, 0.15) is 0 Å². The lowest BCUT2D eigenvalue weighted by Gasteiger charge is -2.35. The fraction of sp³-hybridized carbons (Fsp3) is 0.250. The highest BCUT2D eigenvalue weighted by molar-refractivity contribution is 7.89. The summed E-state index contributed by atoms with van der Waals surface area (Å²) >= 11 is 11.9. The summed E-state index contributed by atoms with van der Waals surface area (Å²) in [7, 11) is -3.87. The molecule has 0 aliphatic carbocycles. The number of sulfonamides is 1. The molecule has 1 saturated heterocycles. The van der Waals surface area contributed by atoms with Crippen LogP contribution in [0.5, 0.6) is 0 Å². The highest BCUT2D eigenvalue weighted by Gasteiger charge is 2.29. The molecule has 9 heteroatoms. The maximum atomic E-state index is 13.3. The average Bonchev–Trinajstić information content (AvgIpc) is 2.60. The van der Waals surface area contributed by atoms with Gasteiger partial charge in [-0.2, -0.15) is 4.31 Å². The molecule has 0 unspecified atom stereocenters. The largest absolute Gasteiger partial charge is 0.369 e. The summed E-state index contributed by atoms with van der Waals surface area (Å²) < 4.78 is 52.8. The van der Waals surface area contributed by atoms with E-state index in [-0.39, 0.29) is 18.0 Å². The van der Waals surface area contributed by atoms with Crippen molar-refractivity contribution in [2.75, 3.05) is 31.1 Å². The van der Waals surface area contributed by atoms with Crippen molar-refractivity contribution in [1.29, 1.82) is 0 Å². The fourth-order valence-electron chi connectivity index (χ4n) is 2.65. The summed E-state index contributed by atoms with van der Waals surface area (Å²) in [4.78, 5) is 1.73. The van der Waals surface area contributed by atoms with E-state index in [2.05, 4.69) is 0 Å². The van der Waals surface area contributed by atoms with Crippen LogP contribution < -0.4 is 4.90 Å². The Morgan fingerprint density at radius 1 is 0.840 bits per heavy atom. The number of hydrogen-bond acceptors (Lipinski definition) is 3. The van der Waals surface area contributed by atoms with Gasteiger partial charge in [0, 0.05) is 31.9 Å². The first-order chi connectivity index (χ1) is 11.8. The first kappa shape index (κ1) is 18.4. The molecule has 0 amide bonds. The molecule has 25 heavy (non-hydrogen) atoms. The maximum Gasteiger partial charge on any atom is 0.243 e. The molecule has 2 aromatic rings. The molecule has 0 saturated carbocycles. The number of piperazine rings is 1. The maximum absolute atomic E-state index is 13.3. The van der Waals surface area contributed by atoms with Gasteiger partial charge in [-0.3, -0.25) is 0 Å². The van der Waals surface area contributed by atoms with Gasteiger partial charge < -0.3 is 4.90 Å². The molecule has 1 heterocycles. The topological polar surface area (TPSA) is 40.6 Å². The van der Waals surface area contributed by atoms with Crippen LogP contribution in [0.4, 0.5) is 14.5 Å². The van der Waals surface area contributed by atoms with Crippen LogP contribution in [-0.4, -0.2) is 38.9 Å². The number of nitrogens with zero attached hydrogens (tertiary/aromatic N) is 2. The van der Waals surface area contributed by atoms with E-state index in [0.717, 1.165) is 17.8 Å². The van der Waals surface area contributed by atoms with Gasteiger partial charge in [0.2, 0.25) is 10.0 Å². The molecule has 3 rings (SSSR count). The Labute approximate surface area is 154 Å². The van der Waals surface area contributed by atoms with Crippen molar-refractivity contribution < 1.29 is 17.2 Å². The first-order valence-electron chi connectivity index (χ1n) is 7.44. The minimum absolute atomic E-state index is 0.224. The van der Waals surface area contributed by atoms with Gasteiger partial charge in [-0.05, 0) is 36.4 Å². The number of rotatable bonds is 3. The summed E-state index contributed by atoms with van der Waals surface area (Å²) in [5, 5.41) is 0.876. The van der Waals surface area contributed by atoms with Crippen molar-refractivity contribution in [2.24, 2.45) is 0 Å². The standard InChI is InChI=1S/C16H14Cl2F2N2O2S/c17-13-3-1-11(9-14(13)18)21-5-7-22(8-6-21)25(23,24)12-2-4-15(19)16(20)10-12/h1-4,9-10H,5-8H2. The summed E-state index contributed by atoms with van der Waals surface area (Å²) in [6.07, 6.45) is 0. The highest BCUT2D eigenvalue weighted by Crippen LogP contribution is 2.28. The van der Waals surface area contributed by atoms with Crippen molar-refractivity contribution in [2.45, 2.75) is 4.90 Å². The normalized spacial score (nSPS) is 16.2. The zero-order valence-electron chi connectivity index (χ0n) is 12.9. The Balaban J connectivity index is 1.74. The first-order valence-corrected chi connectivity index (χ1v) is 9.64. The quantitative estimate of drug-likeness (QED) is 0.778. The van der Waals surface area contributed by atoms with Gasteiger partial charge in [0.25, 0.3) is 0 Å². The van der Waals surface area contributed by atoms with Crippen molar-refractivity contribution in [1.82, 2.24) is 4.31 Å². The minimum atomic E-state index is -3.87. The van der Waals surface area contributed by atoms with Gasteiger partial charge in [-0.15, -0.1) is 0 Å². The third-order valence-corrected chi connectivity index (χ3v) is 6.67. The second-order valence-electron chi connectivity index (χ2n) is 5.57. The summed E-state index contributed by atoms with van der Waals surface area (Å²) in [6, 6.07) is 7.81. The Kier molecular flexibility index (Phi) is 5.20. The van der Waals surface area contributed by atoms with E-state index in [1.165, 1.54) is 4.31 Å². The number of hydrogen-bond donors (Lipinski definition) is 0. The van der Waals surface area contributed by atoms with Crippen LogP contribution in [0.15, 0.2) is 41.3 Å². The summed E-state index contributed by atoms with van der Waals surface area (Å²) in [5.74, 6) is -2.26. The van der Waals surface area contributed by atoms with Gasteiger partial charge in [-0.25, -0.2) is 17.2 Å². The second kappa shape index (κ2) is 7.07. The lowest BCUT2D eigenvalue weighted by molar-refractivity contribution is 0.384.